The molecule has 552 valence electrons. The molecule has 0 radical (unpaired) electrons. The molecule has 17 nitrogen and oxygen atoms in total. The second kappa shape index (κ2) is 63.5. The van der Waals surface area contributed by atoms with E-state index >= 15 is 0 Å². The molecule has 0 saturated heterocycles. The molecule has 19 heteroatoms. The van der Waals surface area contributed by atoms with E-state index in [2.05, 4.69) is 55.4 Å². The summed E-state index contributed by atoms with van der Waals surface area (Å²) < 4.78 is 68.4. The maximum Gasteiger partial charge on any atom is 0.472 e. The summed E-state index contributed by atoms with van der Waals surface area (Å²) in [6.45, 7) is 14.1. The van der Waals surface area contributed by atoms with Crippen molar-refractivity contribution in [3.8, 4) is 0 Å². The van der Waals surface area contributed by atoms with E-state index in [1.165, 1.54) is 161 Å². The van der Waals surface area contributed by atoms with Crippen LogP contribution in [0.4, 0.5) is 0 Å². The molecular weight excluding hydrogens is 1220 g/mol. The Labute approximate surface area is 568 Å². The third-order valence-corrected chi connectivity index (χ3v) is 19.3. The van der Waals surface area contributed by atoms with Crippen LogP contribution in [0.25, 0.3) is 0 Å². The highest BCUT2D eigenvalue weighted by atomic mass is 31.2. The maximum atomic E-state index is 13.0. The molecule has 0 bridgehead atoms. The van der Waals surface area contributed by atoms with Crippen molar-refractivity contribution < 1.29 is 80.2 Å². The average molecular weight is 1370 g/mol. The Bertz CT molecular complexity index is 1840. The van der Waals surface area contributed by atoms with Crippen LogP contribution in [-0.2, 0) is 65.4 Å². The van der Waals surface area contributed by atoms with Gasteiger partial charge in [0.05, 0.1) is 26.4 Å². The van der Waals surface area contributed by atoms with E-state index in [1.54, 1.807) is 0 Å². The van der Waals surface area contributed by atoms with Crippen LogP contribution in [0.1, 0.15) is 370 Å². The summed E-state index contributed by atoms with van der Waals surface area (Å²) in [7, 11) is -9.91. The van der Waals surface area contributed by atoms with Gasteiger partial charge in [-0.3, -0.25) is 37.3 Å². The molecule has 0 fully saturated rings. The summed E-state index contributed by atoms with van der Waals surface area (Å²) in [4.78, 5) is 72.7. The molecule has 0 aliphatic carbocycles. The Morgan fingerprint density at radius 2 is 0.516 bits per heavy atom. The van der Waals surface area contributed by atoms with Crippen LogP contribution < -0.4 is 0 Å². The molecular formula is C74H144O17P2. The lowest BCUT2D eigenvalue weighted by Crippen LogP contribution is -2.30. The van der Waals surface area contributed by atoms with Gasteiger partial charge in [-0.25, -0.2) is 9.13 Å². The molecule has 0 aromatic rings. The van der Waals surface area contributed by atoms with Crippen LogP contribution in [0.2, 0.25) is 0 Å². The minimum atomic E-state index is -4.95. The zero-order chi connectivity index (χ0) is 68.9. The van der Waals surface area contributed by atoms with Crippen molar-refractivity contribution in [1.29, 1.82) is 0 Å². The molecule has 0 rings (SSSR count). The number of unbranched alkanes of at least 4 members (excludes halogenated alkanes) is 36. The van der Waals surface area contributed by atoms with Crippen molar-refractivity contribution in [1.82, 2.24) is 0 Å². The molecule has 0 amide bonds. The summed E-state index contributed by atoms with van der Waals surface area (Å²) in [6, 6.07) is 0. The molecule has 0 aromatic carbocycles. The van der Waals surface area contributed by atoms with Crippen LogP contribution in [0, 0.1) is 23.7 Å². The summed E-state index contributed by atoms with van der Waals surface area (Å²) in [5.41, 5.74) is 0. The molecule has 0 saturated carbocycles. The van der Waals surface area contributed by atoms with Gasteiger partial charge in [0.15, 0.2) is 12.2 Å². The number of aliphatic hydroxyl groups excluding tert-OH is 1. The Kier molecular flexibility index (Phi) is 62.2. The van der Waals surface area contributed by atoms with Gasteiger partial charge in [0, 0.05) is 25.7 Å². The zero-order valence-corrected chi connectivity index (χ0v) is 62.7. The van der Waals surface area contributed by atoms with Crippen molar-refractivity contribution in [3.63, 3.8) is 0 Å². The van der Waals surface area contributed by atoms with E-state index in [0.29, 0.717) is 31.6 Å². The molecule has 0 aliphatic heterocycles. The highest BCUT2D eigenvalue weighted by Crippen LogP contribution is 2.45. The van der Waals surface area contributed by atoms with Gasteiger partial charge in [-0.05, 0) is 49.4 Å². The standard InChI is InChI=1S/C74H144O17P2/c1-9-67(8)53-45-37-32-33-39-47-55-72(77)85-61-70(91-74(79)57-49-41-30-24-20-16-12-14-18-22-27-35-43-51-65(4)5)63-89-93(82,83)87-59-68(75)58-86-92(80,81)88-62-69(60-84-71(76)54-46-38-31-25-28-36-44-52-66(6)7)90-73(78)56-48-40-29-23-19-15-11-10-13-17-21-26-34-42-50-64(2)3/h64-70,75H,9-63H2,1-8H3,(H,80,81)(H,82,83)/t67?,68-,69-,70-/m1/s1. The first-order valence-corrected chi connectivity index (χ1v) is 41.2. The second-order valence-corrected chi connectivity index (χ2v) is 31.3. The fourth-order valence-electron chi connectivity index (χ4n) is 11.2. The van der Waals surface area contributed by atoms with Crippen LogP contribution in [0.15, 0.2) is 0 Å². The number of hydrogen-bond acceptors (Lipinski definition) is 15. The minimum Gasteiger partial charge on any atom is -0.462 e. The summed E-state index contributed by atoms with van der Waals surface area (Å²) in [5.74, 6) is 0.892. The summed E-state index contributed by atoms with van der Waals surface area (Å²) in [5, 5.41) is 10.6. The molecule has 0 spiro atoms. The molecule has 0 heterocycles. The van der Waals surface area contributed by atoms with Gasteiger partial charge >= 0.3 is 39.5 Å². The highest BCUT2D eigenvalue weighted by molar-refractivity contribution is 7.47. The second-order valence-electron chi connectivity index (χ2n) is 28.4. The SMILES string of the molecule is CCC(C)CCCCCCCCC(=O)OC[C@H](COP(=O)(O)OC[C@H](O)COP(=O)(O)OC[C@@H](COC(=O)CCCCCCCCCC(C)C)OC(=O)CCCCCCCCCCCCCCCCC(C)C)OC(=O)CCCCCCCCCCCCCCCC(C)C. The summed E-state index contributed by atoms with van der Waals surface area (Å²) >= 11 is 0. The molecule has 0 aliphatic rings. The monoisotopic (exact) mass is 1370 g/mol. The number of phosphoric ester groups is 2. The Hall–Kier alpha value is -1.94. The van der Waals surface area contributed by atoms with Gasteiger partial charge in [0.25, 0.3) is 0 Å². The van der Waals surface area contributed by atoms with Gasteiger partial charge in [-0.15, -0.1) is 0 Å². The lowest BCUT2D eigenvalue weighted by molar-refractivity contribution is -0.161. The number of esters is 4. The van der Waals surface area contributed by atoms with Gasteiger partial charge < -0.3 is 33.8 Å². The fraction of sp³-hybridized carbons (Fsp3) is 0.946. The van der Waals surface area contributed by atoms with Crippen LogP contribution in [0.3, 0.4) is 0 Å². The zero-order valence-electron chi connectivity index (χ0n) is 60.9. The Morgan fingerprint density at radius 3 is 0.763 bits per heavy atom. The predicted octanol–water partition coefficient (Wildman–Crippen LogP) is 21.3. The first kappa shape index (κ1) is 91.1. The lowest BCUT2D eigenvalue weighted by Gasteiger charge is -2.21. The Balaban J connectivity index is 5.23. The molecule has 3 N–H and O–H groups in total. The largest absolute Gasteiger partial charge is 0.472 e. The first-order valence-electron chi connectivity index (χ1n) is 38.2. The third-order valence-electron chi connectivity index (χ3n) is 17.4. The fourth-order valence-corrected chi connectivity index (χ4v) is 12.7. The van der Waals surface area contributed by atoms with Crippen molar-refractivity contribution in [2.24, 2.45) is 23.7 Å². The molecule has 6 atom stereocenters. The molecule has 3 unspecified atom stereocenters. The van der Waals surface area contributed by atoms with E-state index < -0.39 is 97.5 Å². The Morgan fingerprint density at radius 1 is 0.301 bits per heavy atom. The number of aliphatic hydroxyl groups is 1. The van der Waals surface area contributed by atoms with Gasteiger partial charge in [-0.1, -0.05) is 319 Å². The first-order chi connectivity index (χ1) is 44.6. The lowest BCUT2D eigenvalue weighted by atomic mass is 10.00. The van der Waals surface area contributed by atoms with Crippen molar-refractivity contribution >= 4 is 39.5 Å². The number of ether oxygens (including phenoxy) is 4. The molecule has 0 aromatic heterocycles. The highest BCUT2D eigenvalue weighted by Gasteiger charge is 2.30. The van der Waals surface area contributed by atoms with Crippen LogP contribution >= 0.6 is 15.6 Å². The molecule has 93 heavy (non-hydrogen) atoms. The number of hydrogen-bond donors (Lipinski definition) is 3. The van der Waals surface area contributed by atoms with Crippen molar-refractivity contribution in [2.75, 3.05) is 39.6 Å². The van der Waals surface area contributed by atoms with Crippen molar-refractivity contribution in [3.05, 3.63) is 0 Å². The smallest absolute Gasteiger partial charge is 0.462 e. The number of carbonyl (C=O) groups excluding carboxylic acids is 4. The quantitative estimate of drug-likeness (QED) is 0.0222. The van der Waals surface area contributed by atoms with Gasteiger partial charge in [-0.2, -0.15) is 0 Å². The average Bonchev–Trinajstić information content (AvgIpc) is 2.10. The number of phosphoric acid groups is 2. The minimum absolute atomic E-state index is 0.106. The van der Waals surface area contributed by atoms with E-state index in [4.69, 9.17) is 37.0 Å². The third kappa shape index (κ3) is 67.0. The topological polar surface area (TPSA) is 237 Å². The number of carbonyl (C=O) groups is 4. The van der Waals surface area contributed by atoms with E-state index in [0.717, 1.165) is 120 Å². The van der Waals surface area contributed by atoms with Gasteiger partial charge in [0.1, 0.15) is 19.3 Å². The maximum absolute atomic E-state index is 13.0. The van der Waals surface area contributed by atoms with Crippen molar-refractivity contribution in [2.45, 2.75) is 388 Å². The van der Waals surface area contributed by atoms with Gasteiger partial charge in [0.2, 0.25) is 0 Å². The summed E-state index contributed by atoms with van der Waals surface area (Å²) in [6.07, 6.45) is 47.3. The van der Waals surface area contributed by atoms with E-state index in [9.17, 15) is 43.2 Å². The normalized spacial score (nSPS) is 14.5. The van der Waals surface area contributed by atoms with Crippen LogP contribution in [-0.4, -0.2) is 96.7 Å². The van der Waals surface area contributed by atoms with E-state index in [-0.39, 0.29) is 25.7 Å². The van der Waals surface area contributed by atoms with Crippen LogP contribution in [0.5, 0.6) is 0 Å². The predicted molar refractivity (Wildman–Crippen MR) is 377 cm³/mol. The number of rotatable bonds is 71. The van der Waals surface area contributed by atoms with E-state index in [1.807, 2.05) is 0 Å².